The molecule has 19 heavy (non-hydrogen) atoms. The zero-order valence-electron chi connectivity index (χ0n) is 12.8. The average Bonchev–Trinajstić information content (AvgIpc) is 2.29. The Labute approximate surface area is 117 Å². The molecule has 0 radical (unpaired) electrons. The van der Waals surface area contributed by atoms with Gasteiger partial charge in [-0.2, -0.15) is 0 Å². The number of ether oxygens (including phenoxy) is 1. The Morgan fingerprint density at radius 2 is 1.79 bits per heavy atom. The van der Waals surface area contributed by atoms with Crippen LogP contribution < -0.4 is 5.32 Å². The van der Waals surface area contributed by atoms with Crippen molar-refractivity contribution in [2.75, 3.05) is 26.8 Å². The molecule has 1 aromatic rings. The first kappa shape index (κ1) is 16.2. The van der Waals surface area contributed by atoms with Gasteiger partial charge in [0.1, 0.15) is 0 Å². The van der Waals surface area contributed by atoms with E-state index in [9.17, 15) is 5.11 Å². The van der Waals surface area contributed by atoms with Crippen LogP contribution in [0.15, 0.2) is 12.1 Å². The van der Waals surface area contributed by atoms with Gasteiger partial charge in [-0.1, -0.05) is 17.7 Å². The molecule has 0 aliphatic carbocycles. The van der Waals surface area contributed by atoms with Crippen LogP contribution in [0.3, 0.4) is 0 Å². The summed E-state index contributed by atoms with van der Waals surface area (Å²) in [7, 11) is 1.68. The summed E-state index contributed by atoms with van der Waals surface area (Å²) < 4.78 is 4.98. The smallest absolute Gasteiger partial charge is 0.0783 e. The summed E-state index contributed by atoms with van der Waals surface area (Å²) in [6.45, 7) is 10.2. The highest BCUT2D eigenvalue weighted by Gasteiger charge is 2.22. The van der Waals surface area contributed by atoms with Crippen LogP contribution in [0.2, 0.25) is 0 Å². The van der Waals surface area contributed by atoms with E-state index in [1.165, 1.54) is 22.3 Å². The summed E-state index contributed by atoms with van der Waals surface area (Å²) in [6, 6.07) is 4.35. The lowest BCUT2D eigenvalue weighted by Gasteiger charge is -2.26. The monoisotopic (exact) mass is 265 g/mol. The molecular weight excluding hydrogens is 238 g/mol. The number of methoxy groups -OCH3 is 1. The lowest BCUT2D eigenvalue weighted by Crippen LogP contribution is -2.41. The maximum Gasteiger partial charge on any atom is 0.0783 e. The molecule has 1 atom stereocenters. The van der Waals surface area contributed by atoms with E-state index in [1.807, 2.05) is 6.92 Å². The minimum Gasteiger partial charge on any atom is -0.389 e. The van der Waals surface area contributed by atoms with Gasteiger partial charge in [0, 0.05) is 26.6 Å². The van der Waals surface area contributed by atoms with E-state index in [2.05, 4.69) is 38.2 Å². The van der Waals surface area contributed by atoms with Gasteiger partial charge in [0.25, 0.3) is 0 Å². The Hall–Kier alpha value is -0.900. The van der Waals surface area contributed by atoms with Crippen LogP contribution >= 0.6 is 0 Å². The van der Waals surface area contributed by atoms with Crippen LogP contribution in [0.25, 0.3) is 0 Å². The van der Waals surface area contributed by atoms with Crippen LogP contribution in [0, 0.1) is 20.8 Å². The molecule has 0 amide bonds. The molecule has 108 valence electrons. The third kappa shape index (κ3) is 5.31. The number of rotatable bonds is 7. The van der Waals surface area contributed by atoms with Crippen molar-refractivity contribution in [3.63, 3.8) is 0 Å². The van der Waals surface area contributed by atoms with Crippen molar-refractivity contribution in [1.82, 2.24) is 5.32 Å². The first-order valence-electron chi connectivity index (χ1n) is 6.84. The van der Waals surface area contributed by atoms with Gasteiger partial charge >= 0.3 is 0 Å². The minimum absolute atomic E-state index is 0.573. The molecule has 0 fully saturated rings. The number of nitrogens with one attached hydrogen (secondary N) is 1. The van der Waals surface area contributed by atoms with Crippen molar-refractivity contribution < 1.29 is 9.84 Å². The minimum atomic E-state index is -0.738. The molecule has 0 heterocycles. The summed E-state index contributed by atoms with van der Waals surface area (Å²) in [6.07, 6.45) is 0.672. The molecular formula is C16H27NO2. The van der Waals surface area contributed by atoms with Gasteiger partial charge in [-0.05, 0) is 44.4 Å². The van der Waals surface area contributed by atoms with E-state index >= 15 is 0 Å². The lowest BCUT2D eigenvalue weighted by atomic mass is 9.89. The number of hydrogen-bond acceptors (Lipinski definition) is 3. The quantitative estimate of drug-likeness (QED) is 0.742. The molecule has 1 rings (SSSR count). The van der Waals surface area contributed by atoms with Gasteiger partial charge < -0.3 is 15.2 Å². The Morgan fingerprint density at radius 3 is 2.32 bits per heavy atom. The highest BCUT2D eigenvalue weighted by molar-refractivity contribution is 5.38. The highest BCUT2D eigenvalue weighted by Crippen LogP contribution is 2.21. The average molecular weight is 265 g/mol. The molecule has 0 saturated heterocycles. The Balaban J connectivity index is 2.67. The first-order chi connectivity index (χ1) is 8.85. The van der Waals surface area contributed by atoms with E-state index in [1.54, 1.807) is 7.11 Å². The van der Waals surface area contributed by atoms with Gasteiger partial charge in [-0.3, -0.25) is 0 Å². The second-order valence-corrected chi connectivity index (χ2v) is 5.72. The zero-order chi connectivity index (χ0) is 14.5. The molecule has 3 heteroatoms. The number of benzene rings is 1. The molecule has 0 spiro atoms. The third-order valence-corrected chi connectivity index (χ3v) is 3.39. The molecule has 1 aromatic carbocycles. The van der Waals surface area contributed by atoms with Crippen LogP contribution in [0.5, 0.6) is 0 Å². The summed E-state index contributed by atoms with van der Waals surface area (Å²) in [5.41, 5.74) is 4.31. The maximum absolute atomic E-state index is 10.5. The first-order valence-corrected chi connectivity index (χ1v) is 6.84. The van der Waals surface area contributed by atoms with Gasteiger partial charge in [0.15, 0.2) is 0 Å². The van der Waals surface area contributed by atoms with Crippen molar-refractivity contribution in [1.29, 1.82) is 0 Å². The standard InChI is InChI=1S/C16H27NO2/c1-12-8-13(2)15(14(3)9-12)10-16(4,18)11-17-6-7-19-5/h8-9,17-18H,6-7,10-11H2,1-5H3. The van der Waals surface area contributed by atoms with E-state index in [4.69, 9.17) is 4.74 Å². The second-order valence-electron chi connectivity index (χ2n) is 5.72. The van der Waals surface area contributed by atoms with Gasteiger partial charge in [-0.25, -0.2) is 0 Å². The van der Waals surface area contributed by atoms with Crippen molar-refractivity contribution >= 4 is 0 Å². The fourth-order valence-corrected chi connectivity index (χ4v) is 2.46. The van der Waals surface area contributed by atoms with Crippen molar-refractivity contribution in [2.24, 2.45) is 0 Å². The summed E-state index contributed by atoms with van der Waals surface area (Å²) in [5, 5.41) is 13.7. The van der Waals surface area contributed by atoms with Crippen LogP contribution in [-0.4, -0.2) is 37.5 Å². The van der Waals surface area contributed by atoms with E-state index in [-0.39, 0.29) is 0 Å². The molecule has 0 aromatic heterocycles. The van der Waals surface area contributed by atoms with E-state index < -0.39 is 5.60 Å². The van der Waals surface area contributed by atoms with Gasteiger partial charge in [-0.15, -0.1) is 0 Å². The number of hydrogen-bond donors (Lipinski definition) is 2. The normalized spacial score (nSPS) is 14.4. The van der Waals surface area contributed by atoms with Gasteiger partial charge in [0.2, 0.25) is 0 Å². The Bertz CT molecular complexity index is 390. The fourth-order valence-electron chi connectivity index (χ4n) is 2.46. The molecule has 0 saturated carbocycles. The predicted octanol–water partition coefficient (Wildman–Crippen LogP) is 2.14. The Kier molecular flexibility index (Phi) is 5.98. The predicted molar refractivity (Wildman–Crippen MR) is 79.7 cm³/mol. The van der Waals surface area contributed by atoms with Crippen LogP contribution in [0.1, 0.15) is 29.2 Å². The fraction of sp³-hybridized carbons (Fsp3) is 0.625. The lowest BCUT2D eigenvalue weighted by molar-refractivity contribution is 0.0578. The summed E-state index contributed by atoms with van der Waals surface area (Å²) >= 11 is 0. The van der Waals surface area contributed by atoms with Crippen molar-refractivity contribution in [2.45, 2.75) is 39.7 Å². The molecule has 0 aliphatic rings. The van der Waals surface area contributed by atoms with Crippen LogP contribution in [0.4, 0.5) is 0 Å². The second kappa shape index (κ2) is 7.04. The number of aryl methyl sites for hydroxylation is 3. The van der Waals surface area contributed by atoms with Crippen molar-refractivity contribution in [3.8, 4) is 0 Å². The molecule has 1 unspecified atom stereocenters. The molecule has 2 N–H and O–H groups in total. The highest BCUT2D eigenvalue weighted by atomic mass is 16.5. The van der Waals surface area contributed by atoms with Crippen molar-refractivity contribution in [3.05, 3.63) is 34.4 Å². The molecule has 0 aliphatic heterocycles. The maximum atomic E-state index is 10.5. The van der Waals surface area contributed by atoms with Crippen LogP contribution in [-0.2, 0) is 11.2 Å². The summed E-state index contributed by atoms with van der Waals surface area (Å²) in [5.74, 6) is 0. The zero-order valence-corrected chi connectivity index (χ0v) is 12.8. The SMILES string of the molecule is COCCNCC(C)(O)Cc1c(C)cc(C)cc1C. The topological polar surface area (TPSA) is 41.5 Å². The molecule has 0 bridgehead atoms. The largest absolute Gasteiger partial charge is 0.389 e. The van der Waals surface area contributed by atoms with E-state index in [0.29, 0.717) is 19.6 Å². The van der Waals surface area contributed by atoms with Gasteiger partial charge in [0.05, 0.1) is 12.2 Å². The molecule has 3 nitrogen and oxygen atoms in total. The summed E-state index contributed by atoms with van der Waals surface area (Å²) in [4.78, 5) is 0. The van der Waals surface area contributed by atoms with E-state index in [0.717, 1.165) is 6.54 Å². The third-order valence-electron chi connectivity index (χ3n) is 3.39. The Morgan fingerprint density at radius 1 is 1.21 bits per heavy atom. The number of aliphatic hydroxyl groups is 1.